The van der Waals surface area contributed by atoms with Gasteiger partial charge in [0.05, 0.1) is 15.9 Å². The van der Waals surface area contributed by atoms with Gasteiger partial charge in [-0.05, 0) is 24.6 Å². The van der Waals surface area contributed by atoms with Crippen molar-refractivity contribution < 1.29 is 19.4 Å². The summed E-state index contributed by atoms with van der Waals surface area (Å²) in [7, 11) is 0. The van der Waals surface area contributed by atoms with E-state index in [1.165, 1.54) is 30.3 Å². The van der Waals surface area contributed by atoms with E-state index in [2.05, 4.69) is 5.32 Å². The number of non-ortho nitro benzene ring substituents is 1. The second-order valence-corrected chi connectivity index (χ2v) is 5.05. The molecule has 0 heterocycles. The smallest absolute Gasteiger partial charge is 0.312 e. The molecule has 1 amide bonds. The summed E-state index contributed by atoms with van der Waals surface area (Å²) in [5.41, 5.74) is -0.474. The third kappa shape index (κ3) is 4.50. The molecule has 0 aliphatic heterocycles. The van der Waals surface area contributed by atoms with Crippen molar-refractivity contribution >= 4 is 17.3 Å². The van der Waals surface area contributed by atoms with E-state index in [0.29, 0.717) is 6.54 Å². The minimum atomic E-state index is -0.677. The summed E-state index contributed by atoms with van der Waals surface area (Å²) in [5, 5.41) is 24.7. The first-order chi connectivity index (χ1) is 11.9. The molecule has 1 N–H and O–H groups in total. The molecule has 0 aliphatic carbocycles. The fourth-order valence-corrected chi connectivity index (χ4v) is 2.02. The number of nitrogens with zero attached hydrogens (tertiary/aromatic N) is 2. The van der Waals surface area contributed by atoms with Crippen LogP contribution in [0.3, 0.4) is 0 Å². The second-order valence-electron chi connectivity index (χ2n) is 5.05. The molecule has 0 bridgehead atoms. The maximum Gasteiger partial charge on any atom is 0.312 e. The van der Waals surface area contributed by atoms with Crippen LogP contribution in [0.1, 0.15) is 23.7 Å². The SMILES string of the molecule is CCCNC(=O)c1ccc(Oc2cccc([N+](=O)[O-])c2)c([N+](=O)[O-])c1. The summed E-state index contributed by atoms with van der Waals surface area (Å²) in [6.45, 7) is 2.34. The molecule has 0 saturated heterocycles. The molecule has 9 nitrogen and oxygen atoms in total. The fourth-order valence-electron chi connectivity index (χ4n) is 2.02. The molecule has 25 heavy (non-hydrogen) atoms. The topological polar surface area (TPSA) is 125 Å². The van der Waals surface area contributed by atoms with Crippen molar-refractivity contribution in [3.05, 3.63) is 68.3 Å². The number of amides is 1. The third-order valence-electron chi connectivity index (χ3n) is 3.21. The Kier molecular flexibility index (Phi) is 5.62. The van der Waals surface area contributed by atoms with Gasteiger partial charge < -0.3 is 10.1 Å². The first kappa shape index (κ1) is 17.9. The Morgan fingerprint density at radius 2 is 1.88 bits per heavy atom. The first-order valence-corrected chi connectivity index (χ1v) is 7.41. The van der Waals surface area contributed by atoms with Crippen LogP contribution < -0.4 is 10.1 Å². The highest BCUT2D eigenvalue weighted by atomic mass is 16.6. The zero-order valence-electron chi connectivity index (χ0n) is 13.3. The second kappa shape index (κ2) is 7.86. The van der Waals surface area contributed by atoms with Gasteiger partial charge in [-0.15, -0.1) is 0 Å². The normalized spacial score (nSPS) is 10.1. The molecule has 0 aromatic heterocycles. The van der Waals surface area contributed by atoms with Gasteiger partial charge in [-0.3, -0.25) is 25.0 Å². The highest BCUT2D eigenvalue weighted by molar-refractivity contribution is 5.95. The number of rotatable bonds is 7. The maximum absolute atomic E-state index is 11.9. The van der Waals surface area contributed by atoms with Crippen LogP contribution in [0.25, 0.3) is 0 Å². The van der Waals surface area contributed by atoms with Crippen molar-refractivity contribution in [3.8, 4) is 11.5 Å². The molecule has 130 valence electrons. The van der Waals surface area contributed by atoms with E-state index in [0.717, 1.165) is 18.6 Å². The summed E-state index contributed by atoms with van der Waals surface area (Å²) < 4.78 is 5.40. The zero-order valence-corrected chi connectivity index (χ0v) is 13.3. The van der Waals surface area contributed by atoms with Crippen molar-refractivity contribution in [2.75, 3.05) is 6.54 Å². The van der Waals surface area contributed by atoms with E-state index in [-0.39, 0.29) is 22.7 Å². The molecule has 0 atom stereocenters. The Hall–Kier alpha value is -3.49. The van der Waals surface area contributed by atoms with Crippen LogP contribution in [-0.2, 0) is 0 Å². The largest absolute Gasteiger partial charge is 0.450 e. The van der Waals surface area contributed by atoms with Crippen molar-refractivity contribution in [2.24, 2.45) is 0 Å². The number of hydrogen-bond acceptors (Lipinski definition) is 6. The molecule has 0 radical (unpaired) electrons. The average Bonchev–Trinajstić information content (AvgIpc) is 2.60. The lowest BCUT2D eigenvalue weighted by Gasteiger charge is -2.08. The van der Waals surface area contributed by atoms with Gasteiger partial charge in [0.25, 0.3) is 11.6 Å². The Morgan fingerprint density at radius 3 is 2.52 bits per heavy atom. The van der Waals surface area contributed by atoms with Gasteiger partial charge in [0, 0.05) is 24.2 Å². The Labute approximate surface area is 142 Å². The summed E-state index contributed by atoms with van der Waals surface area (Å²) in [4.78, 5) is 32.7. The van der Waals surface area contributed by atoms with Crippen LogP contribution in [0, 0.1) is 20.2 Å². The summed E-state index contributed by atoms with van der Waals surface area (Å²) in [6, 6.07) is 9.08. The molecule has 2 rings (SSSR count). The van der Waals surface area contributed by atoms with Crippen molar-refractivity contribution in [2.45, 2.75) is 13.3 Å². The van der Waals surface area contributed by atoms with E-state index in [4.69, 9.17) is 4.74 Å². The zero-order chi connectivity index (χ0) is 18.4. The molecule has 2 aromatic rings. The fraction of sp³-hybridized carbons (Fsp3) is 0.188. The molecule has 0 unspecified atom stereocenters. The minimum absolute atomic E-state index is 0.0838. The van der Waals surface area contributed by atoms with Crippen LogP contribution in [0.2, 0.25) is 0 Å². The lowest BCUT2D eigenvalue weighted by molar-refractivity contribution is -0.386. The third-order valence-corrected chi connectivity index (χ3v) is 3.21. The Bertz CT molecular complexity index is 821. The molecule has 0 fully saturated rings. The van der Waals surface area contributed by atoms with E-state index in [1.807, 2.05) is 6.92 Å². The average molecular weight is 345 g/mol. The predicted molar refractivity (Wildman–Crippen MR) is 88.9 cm³/mol. The Balaban J connectivity index is 2.31. The minimum Gasteiger partial charge on any atom is -0.450 e. The van der Waals surface area contributed by atoms with Gasteiger partial charge in [0.15, 0.2) is 0 Å². The van der Waals surface area contributed by atoms with Crippen LogP contribution in [0.5, 0.6) is 11.5 Å². The molecule has 0 spiro atoms. The van der Waals surface area contributed by atoms with E-state index < -0.39 is 21.4 Å². The number of nitrogens with one attached hydrogen (secondary N) is 1. The Morgan fingerprint density at radius 1 is 1.12 bits per heavy atom. The molecular formula is C16H15N3O6. The highest BCUT2D eigenvalue weighted by Crippen LogP contribution is 2.33. The molecule has 0 aliphatic rings. The summed E-state index contributed by atoms with van der Waals surface area (Å²) in [5.74, 6) is -0.454. The van der Waals surface area contributed by atoms with Gasteiger partial charge in [-0.2, -0.15) is 0 Å². The number of nitro benzene ring substituents is 2. The number of carbonyl (C=O) groups is 1. The van der Waals surface area contributed by atoms with Gasteiger partial charge in [0.2, 0.25) is 5.75 Å². The van der Waals surface area contributed by atoms with Crippen LogP contribution >= 0.6 is 0 Å². The van der Waals surface area contributed by atoms with Crippen molar-refractivity contribution in [3.63, 3.8) is 0 Å². The monoisotopic (exact) mass is 345 g/mol. The quantitative estimate of drug-likeness (QED) is 0.605. The molecule has 9 heteroatoms. The number of benzene rings is 2. The van der Waals surface area contributed by atoms with Crippen LogP contribution in [0.4, 0.5) is 11.4 Å². The summed E-state index contributed by atoms with van der Waals surface area (Å²) >= 11 is 0. The number of ether oxygens (including phenoxy) is 1. The standard InChI is InChI=1S/C16H15N3O6/c1-2-8-17-16(20)11-6-7-15(14(9-11)19(23)24)25-13-5-3-4-12(10-13)18(21)22/h3-7,9-10H,2,8H2,1H3,(H,17,20). The first-order valence-electron chi connectivity index (χ1n) is 7.41. The van der Waals surface area contributed by atoms with Gasteiger partial charge in [-0.1, -0.05) is 13.0 Å². The predicted octanol–water partition coefficient (Wildman–Crippen LogP) is 3.44. The van der Waals surface area contributed by atoms with Crippen molar-refractivity contribution in [1.29, 1.82) is 0 Å². The maximum atomic E-state index is 11.9. The van der Waals surface area contributed by atoms with E-state index in [1.54, 1.807) is 0 Å². The molecule has 2 aromatic carbocycles. The van der Waals surface area contributed by atoms with Crippen LogP contribution in [0.15, 0.2) is 42.5 Å². The van der Waals surface area contributed by atoms with Crippen LogP contribution in [-0.4, -0.2) is 22.3 Å². The summed E-state index contributed by atoms with van der Waals surface area (Å²) in [6.07, 6.45) is 0.738. The number of hydrogen-bond donors (Lipinski definition) is 1. The highest BCUT2D eigenvalue weighted by Gasteiger charge is 2.20. The lowest BCUT2D eigenvalue weighted by atomic mass is 10.1. The van der Waals surface area contributed by atoms with E-state index >= 15 is 0 Å². The number of carbonyl (C=O) groups excluding carboxylic acids is 1. The van der Waals surface area contributed by atoms with Gasteiger partial charge in [0.1, 0.15) is 5.75 Å². The van der Waals surface area contributed by atoms with Crippen molar-refractivity contribution in [1.82, 2.24) is 5.32 Å². The molecule has 0 saturated carbocycles. The number of nitro groups is 2. The molecular weight excluding hydrogens is 330 g/mol. The lowest BCUT2D eigenvalue weighted by Crippen LogP contribution is -2.23. The van der Waals surface area contributed by atoms with Gasteiger partial charge >= 0.3 is 5.69 Å². The van der Waals surface area contributed by atoms with Gasteiger partial charge in [-0.25, -0.2) is 0 Å². The van der Waals surface area contributed by atoms with E-state index in [9.17, 15) is 25.0 Å².